The van der Waals surface area contributed by atoms with Crippen LogP contribution in [0.15, 0.2) is 0 Å². The highest BCUT2D eigenvalue weighted by atomic mass is 16.5. The minimum Gasteiger partial charge on any atom is -0.368 e. The SMILES string of the molecule is CCC(=O)N1CCCC[C@H]1C(=O)N1CC[C@H](OCC(N)=O)C1. The Balaban J connectivity index is 1.92. The number of likely N-dealkylation sites (tertiary alicyclic amines) is 2. The lowest BCUT2D eigenvalue weighted by molar-refractivity contribution is -0.147. The fourth-order valence-electron chi connectivity index (χ4n) is 3.17. The average molecular weight is 311 g/mol. The van der Waals surface area contributed by atoms with Crippen molar-refractivity contribution in [2.24, 2.45) is 5.73 Å². The van der Waals surface area contributed by atoms with Crippen molar-refractivity contribution in [2.45, 2.75) is 51.2 Å². The molecule has 124 valence electrons. The number of piperidine rings is 1. The van der Waals surface area contributed by atoms with Crippen molar-refractivity contribution in [3.8, 4) is 0 Å². The van der Waals surface area contributed by atoms with Crippen LogP contribution < -0.4 is 5.73 Å². The van der Waals surface area contributed by atoms with Gasteiger partial charge in [-0.25, -0.2) is 0 Å². The van der Waals surface area contributed by atoms with Gasteiger partial charge in [0.05, 0.1) is 6.10 Å². The predicted octanol–water partition coefficient (Wildman–Crippen LogP) is -0.120. The number of carbonyl (C=O) groups is 3. The molecule has 0 aliphatic carbocycles. The molecule has 0 aromatic rings. The lowest BCUT2D eigenvalue weighted by atomic mass is 10.0. The van der Waals surface area contributed by atoms with Gasteiger partial charge < -0.3 is 20.3 Å². The largest absolute Gasteiger partial charge is 0.368 e. The maximum atomic E-state index is 12.7. The van der Waals surface area contributed by atoms with Gasteiger partial charge in [0.1, 0.15) is 12.6 Å². The molecule has 0 bridgehead atoms. The Morgan fingerprint density at radius 2 is 1.95 bits per heavy atom. The molecule has 2 aliphatic rings. The Hall–Kier alpha value is -1.63. The fraction of sp³-hybridized carbons (Fsp3) is 0.800. The summed E-state index contributed by atoms with van der Waals surface area (Å²) in [6, 6.07) is -0.337. The summed E-state index contributed by atoms with van der Waals surface area (Å²) in [6.07, 6.45) is 3.64. The third-order valence-corrected chi connectivity index (χ3v) is 4.33. The predicted molar refractivity (Wildman–Crippen MR) is 79.8 cm³/mol. The van der Waals surface area contributed by atoms with Gasteiger partial charge in [0.25, 0.3) is 0 Å². The van der Waals surface area contributed by atoms with E-state index >= 15 is 0 Å². The third-order valence-electron chi connectivity index (χ3n) is 4.33. The van der Waals surface area contributed by atoms with Crippen molar-refractivity contribution < 1.29 is 19.1 Å². The quantitative estimate of drug-likeness (QED) is 0.766. The zero-order chi connectivity index (χ0) is 16.1. The smallest absolute Gasteiger partial charge is 0.245 e. The summed E-state index contributed by atoms with van der Waals surface area (Å²) in [4.78, 5) is 38.9. The molecule has 0 aromatic heterocycles. The molecular formula is C15H25N3O4. The number of rotatable bonds is 5. The number of hydrogen-bond acceptors (Lipinski definition) is 4. The first-order chi connectivity index (χ1) is 10.5. The lowest BCUT2D eigenvalue weighted by Crippen LogP contribution is -2.52. The zero-order valence-corrected chi connectivity index (χ0v) is 13.1. The molecule has 0 unspecified atom stereocenters. The Bertz CT molecular complexity index is 441. The van der Waals surface area contributed by atoms with E-state index in [4.69, 9.17) is 10.5 Å². The van der Waals surface area contributed by atoms with Crippen LogP contribution in [0.5, 0.6) is 0 Å². The van der Waals surface area contributed by atoms with Crippen molar-refractivity contribution in [1.29, 1.82) is 0 Å². The summed E-state index contributed by atoms with van der Waals surface area (Å²) in [5.74, 6) is -0.456. The van der Waals surface area contributed by atoms with Crippen molar-refractivity contribution >= 4 is 17.7 Å². The molecular weight excluding hydrogens is 286 g/mol. The number of nitrogens with two attached hydrogens (primary N) is 1. The summed E-state index contributed by atoms with van der Waals surface area (Å²) in [5.41, 5.74) is 5.06. The molecule has 0 saturated carbocycles. The maximum Gasteiger partial charge on any atom is 0.245 e. The highest BCUT2D eigenvalue weighted by molar-refractivity contribution is 5.88. The molecule has 2 atom stereocenters. The number of nitrogens with zero attached hydrogens (tertiary/aromatic N) is 2. The van der Waals surface area contributed by atoms with Crippen LogP contribution in [0.3, 0.4) is 0 Å². The highest BCUT2D eigenvalue weighted by Gasteiger charge is 2.37. The first-order valence-electron chi connectivity index (χ1n) is 8.01. The number of primary amides is 1. The van der Waals surface area contributed by atoms with Crippen LogP contribution >= 0.6 is 0 Å². The molecule has 2 heterocycles. The van der Waals surface area contributed by atoms with Gasteiger partial charge in [-0.3, -0.25) is 14.4 Å². The topological polar surface area (TPSA) is 92.9 Å². The molecule has 2 fully saturated rings. The summed E-state index contributed by atoms with van der Waals surface area (Å²) in [5, 5.41) is 0. The second-order valence-corrected chi connectivity index (χ2v) is 5.92. The molecule has 2 aliphatic heterocycles. The Labute approximate surface area is 130 Å². The summed E-state index contributed by atoms with van der Waals surface area (Å²) >= 11 is 0. The van der Waals surface area contributed by atoms with E-state index in [0.717, 1.165) is 19.3 Å². The summed E-state index contributed by atoms with van der Waals surface area (Å²) in [7, 11) is 0. The highest BCUT2D eigenvalue weighted by Crippen LogP contribution is 2.22. The van der Waals surface area contributed by atoms with E-state index in [0.29, 0.717) is 32.5 Å². The van der Waals surface area contributed by atoms with Gasteiger partial charge in [-0.15, -0.1) is 0 Å². The fourth-order valence-corrected chi connectivity index (χ4v) is 3.17. The molecule has 7 nitrogen and oxygen atoms in total. The van der Waals surface area contributed by atoms with Gasteiger partial charge in [0.2, 0.25) is 17.7 Å². The minimum atomic E-state index is -0.503. The number of ether oxygens (including phenoxy) is 1. The van der Waals surface area contributed by atoms with E-state index in [1.165, 1.54) is 0 Å². The molecule has 0 aromatic carbocycles. The number of carbonyl (C=O) groups excluding carboxylic acids is 3. The number of amides is 3. The minimum absolute atomic E-state index is 0.00618. The molecule has 2 N–H and O–H groups in total. The van der Waals surface area contributed by atoms with Gasteiger partial charge in [-0.1, -0.05) is 6.92 Å². The second kappa shape index (κ2) is 7.58. The number of hydrogen-bond donors (Lipinski definition) is 1. The first-order valence-corrected chi connectivity index (χ1v) is 8.01. The van der Waals surface area contributed by atoms with Crippen molar-refractivity contribution in [3.05, 3.63) is 0 Å². The van der Waals surface area contributed by atoms with E-state index in [-0.39, 0.29) is 30.6 Å². The van der Waals surface area contributed by atoms with Crippen molar-refractivity contribution in [3.63, 3.8) is 0 Å². The second-order valence-electron chi connectivity index (χ2n) is 5.92. The van der Waals surface area contributed by atoms with E-state index in [1.54, 1.807) is 9.80 Å². The molecule has 7 heteroatoms. The molecule has 2 rings (SSSR count). The van der Waals surface area contributed by atoms with Crippen LogP contribution in [0.1, 0.15) is 39.0 Å². The average Bonchev–Trinajstić information content (AvgIpc) is 3.00. The van der Waals surface area contributed by atoms with Gasteiger partial charge in [-0.2, -0.15) is 0 Å². The van der Waals surface area contributed by atoms with Crippen molar-refractivity contribution in [1.82, 2.24) is 9.80 Å². The van der Waals surface area contributed by atoms with Crippen LogP contribution in [0.2, 0.25) is 0 Å². The molecule has 22 heavy (non-hydrogen) atoms. The summed E-state index contributed by atoms with van der Waals surface area (Å²) < 4.78 is 5.38. The van der Waals surface area contributed by atoms with Crippen LogP contribution in [-0.2, 0) is 19.1 Å². The Morgan fingerprint density at radius 1 is 1.18 bits per heavy atom. The van der Waals surface area contributed by atoms with Gasteiger partial charge in [0.15, 0.2) is 0 Å². The third kappa shape index (κ3) is 3.97. The van der Waals surface area contributed by atoms with Gasteiger partial charge in [-0.05, 0) is 25.7 Å². The molecule has 0 radical (unpaired) electrons. The standard InChI is InChI=1S/C15H25N3O4/c1-2-14(20)18-7-4-3-5-12(18)15(21)17-8-6-11(9-17)22-10-13(16)19/h11-12H,2-10H2,1H3,(H2,16,19)/t11-,12-/m0/s1. The van der Waals surface area contributed by atoms with E-state index < -0.39 is 5.91 Å². The van der Waals surface area contributed by atoms with E-state index in [1.807, 2.05) is 6.92 Å². The van der Waals surface area contributed by atoms with Gasteiger partial charge >= 0.3 is 0 Å². The maximum absolute atomic E-state index is 12.7. The Morgan fingerprint density at radius 3 is 2.64 bits per heavy atom. The molecule has 0 spiro atoms. The van der Waals surface area contributed by atoms with Gasteiger partial charge in [0, 0.05) is 26.1 Å². The van der Waals surface area contributed by atoms with Crippen LogP contribution in [0.4, 0.5) is 0 Å². The van der Waals surface area contributed by atoms with Crippen LogP contribution in [-0.4, -0.2) is 65.9 Å². The Kier molecular flexibility index (Phi) is 5.76. The van der Waals surface area contributed by atoms with Crippen LogP contribution in [0.25, 0.3) is 0 Å². The van der Waals surface area contributed by atoms with E-state index in [9.17, 15) is 14.4 Å². The normalized spacial score (nSPS) is 25.3. The monoisotopic (exact) mass is 311 g/mol. The van der Waals surface area contributed by atoms with E-state index in [2.05, 4.69) is 0 Å². The first kappa shape index (κ1) is 16.7. The molecule has 3 amide bonds. The van der Waals surface area contributed by atoms with Crippen LogP contribution in [0, 0.1) is 0 Å². The van der Waals surface area contributed by atoms with Crippen molar-refractivity contribution in [2.75, 3.05) is 26.2 Å². The lowest BCUT2D eigenvalue weighted by Gasteiger charge is -2.36. The summed E-state index contributed by atoms with van der Waals surface area (Å²) in [6.45, 7) is 3.45. The molecule has 2 saturated heterocycles. The zero-order valence-electron chi connectivity index (χ0n) is 13.1.